The predicted molar refractivity (Wildman–Crippen MR) is 68.7 cm³/mol. The molecule has 1 heterocycles. The van der Waals surface area contributed by atoms with E-state index < -0.39 is 0 Å². The number of hydrogen-bond donors (Lipinski definition) is 2. The van der Waals surface area contributed by atoms with Crippen molar-refractivity contribution in [3.05, 3.63) is 0 Å². The SMILES string of the molecule is CSC1(CNC(=O)C2(C)CCCNC2)CC1. The summed E-state index contributed by atoms with van der Waals surface area (Å²) in [5, 5.41) is 6.46. The van der Waals surface area contributed by atoms with Crippen LogP contribution >= 0.6 is 11.8 Å². The highest BCUT2D eigenvalue weighted by molar-refractivity contribution is 8.00. The number of thioether (sulfide) groups is 1. The van der Waals surface area contributed by atoms with Crippen molar-refractivity contribution < 1.29 is 4.79 Å². The molecule has 0 spiro atoms. The molecule has 2 fully saturated rings. The molecule has 0 radical (unpaired) electrons. The second-order valence-electron chi connectivity index (χ2n) is 5.41. The van der Waals surface area contributed by atoms with Gasteiger partial charge in [0.25, 0.3) is 0 Å². The molecule has 1 unspecified atom stereocenters. The zero-order valence-electron chi connectivity index (χ0n) is 10.3. The summed E-state index contributed by atoms with van der Waals surface area (Å²) in [6.45, 7) is 4.80. The van der Waals surface area contributed by atoms with Crippen LogP contribution in [0.2, 0.25) is 0 Å². The van der Waals surface area contributed by atoms with Gasteiger partial charge >= 0.3 is 0 Å². The van der Waals surface area contributed by atoms with Gasteiger partial charge in [-0.15, -0.1) is 0 Å². The van der Waals surface area contributed by atoms with E-state index in [4.69, 9.17) is 0 Å². The van der Waals surface area contributed by atoms with Crippen molar-refractivity contribution in [3.63, 3.8) is 0 Å². The van der Waals surface area contributed by atoms with Crippen LogP contribution in [0.5, 0.6) is 0 Å². The van der Waals surface area contributed by atoms with Gasteiger partial charge in [-0.05, 0) is 45.4 Å². The molecule has 1 saturated heterocycles. The molecule has 1 aliphatic carbocycles. The smallest absolute Gasteiger partial charge is 0.227 e. The van der Waals surface area contributed by atoms with E-state index in [-0.39, 0.29) is 11.3 Å². The maximum absolute atomic E-state index is 12.1. The Bertz CT molecular complexity index is 270. The lowest BCUT2D eigenvalue weighted by atomic mass is 9.82. The van der Waals surface area contributed by atoms with Crippen LogP contribution in [-0.2, 0) is 4.79 Å². The van der Waals surface area contributed by atoms with Gasteiger partial charge in [0.15, 0.2) is 0 Å². The van der Waals surface area contributed by atoms with Crippen molar-refractivity contribution >= 4 is 17.7 Å². The van der Waals surface area contributed by atoms with Gasteiger partial charge in [-0.1, -0.05) is 0 Å². The van der Waals surface area contributed by atoms with Gasteiger partial charge < -0.3 is 10.6 Å². The van der Waals surface area contributed by atoms with Crippen molar-refractivity contribution in [1.82, 2.24) is 10.6 Å². The lowest BCUT2D eigenvalue weighted by Gasteiger charge is -2.33. The maximum atomic E-state index is 12.1. The summed E-state index contributed by atoms with van der Waals surface area (Å²) >= 11 is 1.90. The third-order valence-corrected chi connectivity index (χ3v) is 5.38. The number of amides is 1. The van der Waals surface area contributed by atoms with Gasteiger partial charge in [0.1, 0.15) is 0 Å². The third-order valence-electron chi connectivity index (χ3n) is 3.96. The molecule has 1 aliphatic heterocycles. The van der Waals surface area contributed by atoms with Gasteiger partial charge in [0.05, 0.1) is 5.41 Å². The molecule has 1 saturated carbocycles. The van der Waals surface area contributed by atoms with Crippen molar-refractivity contribution in [2.75, 3.05) is 25.9 Å². The fourth-order valence-corrected chi connectivity index (χ4v) is 3.02. The topological polar surface area (TPSA) is 41.1 Å². The molecule has 92 valence electrons. The Labute approximate surface area is 102 Å². The first-order valence-electron chi connectivity index (χ1n) is 6.14. The number of carbonyl (C=O) groups is 1. The fourth-order valence-electron chi connectivity index (χ4n) is 2.30. The molecule has 4 heteroatoms. The van der Waals surface area contributed by atoms with Crippen LogP contribution in [-0.4, -0.2) is 36.5 Å². The average molecular weight is 242 g/mol. The Morgan fingerprint density at radius 2 is 2.19 bits per heavy atom. The van der Waals surface area contributed by atoms with E-state index in [1.54, 1.807) is 0 Å². The Morgan fingerprint density at radius 3 is 2.69 bits per heavy atom. The quantitative estimate of drug-likeness (QED) is 0.783. The van der Waals surface area contributed by atoms with Gasteiger partial charge in [-0.3, -0.25) is 4.79 Å². The first-order valence-corrected chi connectivity index (χ1v) is 7.37. The van der Waals surface area contributed by atoms with Gasteiger partial charge in [-0.2, -0.15) is 11.8 Å². The molecule has 2 aliphatic rings. The number of carbonyl (C=O) groups excluding carboxylic acids is 1. The lowest BCUT2D eigenvalue weighted by molar-refractivity contribution is -0.131. The Balaban J connectivity index is 1.82. The normalized spacial score (nSPS) is 32.1. The standard InChI is InChI=1S/C12H22N2OS/c1-11(4-3-7-13-8-11)10(15)14-9-12(16-2)5-6-12/h13H,3-9H2,1-2H3,(H,14,15). The average Bonchev–Trinajstić information content (AvgIpc) is 3.07. The molecule has 3 nitrogen and oxygen atoms in total. The summed E-state index contributed by atoms with van der Waals surface area (Å²) in [5.74, 6) is 0.236. The Morgan fingerprint density at radius 1 is 1.44 bits per heavy atom. The molecule has 0 aromatic carbocycles. The van der Waals surface area contributed by atoms with Crippen LogP contribution in [0, 0.1) is 5.41 Å². The Hall–Kier alpha value is -0.220. The van der Waals surface area contributed by atoms with Crippen LogP contribution in [0.25, 0.3) is 0 Å². The second kappa shape index (κ2) is 4.57. The zero-order valence-corrected chi connectivity index (χ0v) is 11.1. The number of rotatable bonds is 4. The molecular formula is C12H22N2OS. The van der Waals surface area contributed by atoms with Crippen molar-refractivity contribution in [2.24, 2.45) is 5.41 Å². The molecule has 0 aromatic rings. The monoisotopic (exact) mass is 242 g/mol. The van der Waals surface area contributed by atoms with E-state index in [2.05, 4.69) is 23.8 Å². The molecule has 0 aromatic heterocycles. The molecule has 2 N–H and O–H groups in total. The minimum Gasteiger partial charge on any atom is -0.354 e. The third kappa shape index (κ3) is 2.54. The second-order valence-corrected chi connectivity index (χ2v) is 6.69. The number of nitrogens with one attached hydrogen (secondary N) is 2. The fraction of sp³-hybridized carbons (Fsp3) is 0.917. The summed E-state index contributed by atoms with van der Waals surface area (Å²) in [4.78, 5) is 12.1. The van der Waals surface area contributed by atoms with Crippen molar-refractivity contribution in [3.8, 4) is 0 Å². The highest BCUT2D eigenvalue weighted by atomic mass is 32.2. The van der Waals surface area contributed by atoms with E-state index in [0.29, 0.717) is 4.75 Å². The van der Waals surface area contributed by atoms with Gasteiger partial charge in [0.2, 0.25) is 5.91 Å². The summed E-state index contributed by atoms with van der Waals surface area (Å²) in [7, 11) is 0. The summed E-state index contributed by atoms with van der Waals surface area (Å²) < 4.78 is 0.369. The summed E-state index contributed by atoms with van der Waals surface area (Å²) in [5.41, 5.74) is -0.188. The van der Waals surface area contributed by atoms with E-state index >= 15 is 0 Å². The molecule has 16 heavy (non-hydrogen) atoms. The minimum atomic E-state index is -0.188. The molecule has 1 atom stereocenters. The minimum absolute atomic E-state index is 0.188. The van der Waals surface area contributed by atoms with Gasteiger partial charge in [-0.25, -0.2) is 0 Å². The van der Waals surface area contributed by atoms with Crippen molar-refractivity contribution in [1.29, 1.82) is 0 Å². The zero-order chi connectivity index (χ0) is 11.6. The molecule has 1 amide bonds. The van der Waals surface area contributed by atoms with Crippen LogP contribution in [0.1, 0.15) is 32.6 Å². The molecular weight excluding hydrogens is 220 g/mol. The summed E-state index contributed by atoms with van der Waals surface area (Å²) in [6.07, 6.45) is 6.77. The van der Waals surface area contributed by atoms with E-state index in [0.717, 1.165) is 32.5 Å². The Kier molecular flexibility index (Phi) is 3.50. The van der Waals surface area contributed by atoms with Crippen LogP contribution < -0.4 is 10.6 Å². The van der Waals surface area contributed by atoms with Gasteiger partial charge in [0, 0.05) is 17.8 Å². The van der Waals surface area contributed by atoms with E-state index in [1.807, 2.05) is 11.8 Å². The highest BCUT2D eigenvalue weighted by Crippen LogP contribution is 2.46. The lowest BCUT2D eigenvalue weighted by Crippen LogP contribution is -2.50. The van der Waals surface area contributed by atoms with Crippen LogP contribution in [0.15, 0.2) is 0 Å². The first kappa shape index (κ1) is 12.2. The van der Waals surface area contributed by atoms with Crippen LogP contribution in [0.4, 0.5) is 0 Å². The first-order chi connectivity index (χ1) is 7.60. The number of hydrogen-bond acceptors (Lipinski definition) is 3. The van der Waals surface area contributed by atoms with Crippen molar-refractivity contribution in [2.45, 2.75) is 37.4 Å². The highest BCUT2D eigenvalue weighted by Gasteiger charge is 2.43. The maximum Gasteiger partial charge on any atom is 0.227 e. The van der Waals surface area contributed by atoms with Crippen LogP contribution in [0.3, 0.4) is 0 Å². The van der Waals surface area contributed by atoms with E-state index in [1.165, 1.54) is 12.8 Å². The largest absolute Gasteiger partial charge is 0.354 e. The van der Waals surface area contributed by atoms with E-state index in [9.17, 15) is 4.79 Å². The molecule has 0 bridgehead atoms. The number of piperidine rings is 1. The molecule has 2 rings (SSSR count). The summed E-state index contributed by atoms with van der Waals surface area (Å²) in [6, 6.07) is 0. The predicted octanol–water partition coefficient (Wildman–Crippen LogP) is 1.39.